The Morgan fingerprint density at radius 3 is 3.08 bits per heavy atom. The lowest BCUT2D eigenvalue weighted by atomic mass is 9.94. The second-order valence-corrected chi connectivity index (χ2v) is 6.92. The fourth-order valence-electron chi connectivity index (χ4n) is 4.01. The van der Waals surface area contributed by atoms with Crippen molar-refractivity contribution in [3.8, 4) is 17.2 Å². The van der Waals surface area contributed by atoms with Gasteiger partial charge in [0.2, 0.25) is 12.5 Å². The van der Waals surface area contributed by atoms with Crippen molar-refractivity contribution in [3.05, 3.63) is 47.8 Å². The van der Waals surface area contributed by atoms with Crippen molar-refractivity contribution in [2.75, 3.05) is 34.0 Å². The van der Waals surface area contributed by atoms with Gasteiger partial charge in [0.05, 0.1) is 7.11 Å². The fraction of sp³-hybridized carbons (Fsp3) is 0.450. The second kappa shape index (κ2) is 7.51. The number of ether oxygens (including phenoxy) is 3. The number of likely N-dealkylation sites (tertiary alicyclic amines) is 1. The summed E-state index contributed by atoms with van der Waals surface area (Å²) in [6, 6.07) is 8.65. The van der Waals surface area contributed by atoms with Gasteiger partial charge in [-0.3, -0.25) is 9.88 Å². The maximum Gasteiger partial charge on any atom is 0.231 e. The average molecular weight is 355 g/mol. The third kappa shape index (κ3) is 3.34. The molecule has 0 spiro atoms. The zero-order valence-electron chi connectivity index (χ0n) is 15.3. The lowest BCUT2D eigenvalue weighted by Crippen LogP contribution is -2.28. The van der Waals surface area contributed by atoms with Crippen molar-refractivity contribution < 1.29 is 14.2 Å². The number of aromatic nitrogens is 1. The van der Waals surface area contributed by atoms with Crippen LogP contribution in [0.2, 0.25) is 0 Å². The number of benzene rings is 1. The van der Waals surface area contributed by atoms with E-state index in [1.807, 2.05) is 30.6 Å². The number of hydrogen-bond acceptors (Lipinski definition) is 6. The van der Waals surface area contributed by atoms with Crippen molar-refractivity contribution >= 4 is 0 Å². The van der Waals surface area contributed by atoms with Crippen molar-refractivity contribution in [1.82, 2.24) is 15.2 Å². The molecule has 26 heavy (non-hydrogen) atoms. The summed E-state index contributed by atoms with van der Waals surface area (Å²) in [6.07, 6.45) is 5.01. The topological polar surface area (TPSA) is 55.9 Å². The van der Waals surface area contributed by atoms with Crippen LogP contribution in [0.3, 0.4) is 0 Å². The quantitative estimate of drug-likeness (QED) is 0.860. The molecule has 2 aromatic rings. The van der Waals surface area contributed by atoms with E-state index in [9.17, 15) is 0 Å². The Morgan fingerprint density at radius 1 is 1.35 bits per heavy atom. The van der Waals surface area contributed by atoms with Crippen molar-refractivity contribution in [1.29, 1.82) is 0 Å². The summed E-state index contributed by atoms with van der Waals surface area (Å²) in [5.74, 6) is 2.76. The first-order valence-electron chi connectivity index (χ1n) is 9.03. The number of pyridine rings is 1. The van der Waals surface area contributed by atoms with Gasteiger partial charge in [-0.15, -0.1) is 0 Å². The van der Waals surface area contributed by atoms with Crippen molar-refractivity contribution in [2.45, 2.75) is 19.0 Å². The molecule has 4 rings (SSSR count). The zero-order chi connectivity index (χ0) is 17.9. The number of methoxy groups -OCH3 is 1. The Labute approximate surface area is 154 Å². The Balaban J connectivity index is 1.40. The van der Waals surface area contributed by atoms with E-state index in [4.69, 9.17) is 14.2 Å². The maximum absolute atomic E-state index is 5.51. The molecular formula is C20H25N3O3. The number of hydrogen-bond donors (Lipinski definition) is 1. The largest absolute Gasteiger partial charge is 0.493 e. The van der Waals surface area contributed by atoms with E-state index >= 15 is 0 Å². The van der Waals surface area contributed by atoms with Gasteiger partial charge in [-0.2, -0.15) is 0 Å². The summed E-state index contributed by atoms with van der Waals surface area (Å²) in [5.41, 5.74) is 2.43. The molecule has 1 aromatic heterocycles. The van der Waals surface area contributed by atoms with E-state index in [2.05, 4.69) is 28.3 Å². The molecule has 0 saturated carbocycles. The minimum Gasteiger partial charge on any atom is -0.493 e. The van der Waals surface area contributed by atoms with E-state index in [-0.39, 0.29) is 6.79 Å². The molecule has 1 aromatic carbocycles. The van der Waals surface area contributed by atoms with Crippen LogP contribution < -0.4 is 19.5 Å². The highest BCUT2D eigenvalue weighted by atomic mass is 16.7. The molecule has 6 heteroatoms. The Hall–Kier alpha value is -2.31. The molecule has 0 bridgehead atoms. The van der Waals surface area contributed by atoms with Crippen LogP contribution in [-0.4, -0.2) is 43.9 Å². The Morgan fingerprint density at radius 2 is 2.27 bits per heavy atom. The molecule has 1 fully saturated rings. The number of nitrogens with zero attached hydrogens (tertiary/aromatic N) is 2. The lowest BCUT2D eigenvalue weighted by Gasteiger charge is -2.25. The minimum absolute atomic E-state index is 0.254. The van der Waals surface area contributed by atoms with Crippen LogP contribution in [0, 0.1) is 5.92 Å². The summed E-state index contributed by atoms with van der Waals surface area (Å²) in [5, 5.41) is 3.61. The Bertz CT molecular complexity index is 753. The van der Waals surface area contributed by atoms with E-state index in [0.717, 1.165) is 36.7 Å². The molecule has 2 aliphatic heterocycles. The van der Waals surface area contributed by atoms with E-state index < -0.39 is 0 Å². The van der Waals surface area contributed by atoms with Gasteiger partial charge in [0.15, 0.2) is 11.5 Å². The highest BCUT2D eigenvalue weighted by molar-refractivity contribution is 5.55. The molecule has 1 saturated heterocycles. The summed E-state index contributed by atoms with van der Waals surface area (Å²) in [7, 11) is 3.85. The van der Waals surface area contributed by atoms with Crippen LogP contribution >= 0.6 is 0 Å². The van der Waals surface area contributed by atoms with Crippen LogP contribution in [0.4, 0.5) is 0 Å². The summed E-state index contributed by atoms with van der Waals surface area (Å²) >= 11 is 0. The van der Waals surface area contributed by atoms with Crippen molar-refractivity contribution in [2.24, 2.45) is 5.92 Å². The van der Waals surface area contributed by atoms with Gasteiger partial charge < -0.3 is 19.5 Å². The van der Waals surface area contributed by atoms with E-state index in [1.54, 1.807) is 7.11 Å². The summed E-state index contributed by atoms with van der Waals surface area (Å²) in [6.45, 7) is 3.10. The zero-order valence-corrected chi connectivity index (χ0v) is 15.3. The normalized spacial score (nSPS) is 21.9. The number of nitrogens with one attached hydrogen (secondary N) is 1. The summed E-state index contributed by atoms with van der Waals surface area (Å²) < 4.78 is 16.4. The summed E-state index contributed by atoms with van der Waals surface area (Å²) in [4.78, 5) is 6.72. The molecule has 138 valence electrons. The first-order valence-corrected chi connectivity index (χ1v) is 9.03. The van der Waals surface area contributed by atoms with Gasteiger partial charge >= 0.3 is 0 Å². The molecule has 0 amide bonds. The first-order chi connectivity index (χ1) is 12.8. The predicted molar refractivity (Wildman–Crippen MR) is 98.5 cm³/mol. The van der Waals surface area contributed by atoms with Crippen LogP contribution in [0.5, 0.6) is 17.2 Å². The molecule has 2 aliphatic rings. The van der Waals surface area contributed by atoms with Gasteiger partial charge in [0.1, 0.15) is 0 Å². The first kappa shape index (κ1) is 17.1. The smallest absolute Gasteiger partial charge is 0.231 e. The fourth-order valence-corrected chi connectivity index (χ4v) is 4.01. The SMILES string of the molecule is COc1cc(CNC[C@@H]2CCN(C)[C@H]2c2cccnc2)cc2c1OCO2. The Kier molecular flexibility index (Phi) is 4.95. The van der Waals surface area contributed by atoms with Crippen LogP contribution in [-0.2, 0) is 6.54 Å². The highest BCUT2D eigenvalue weighted by Gasteiger charge is 2.32. The minimum atomic E-state index is 0.254. The second-order valence-electron chi connectivity index (χ2n) is 6.92. The predicted octanol–water partition coefficient (Wildman–Crippen LogP) is 2.60. The van der Waals surface area contributed by atoms with Gasteiger partial charge in [-0.1, -0.05) is 6.07 Å². The standard InChI is InChI=1S/C20H25N3O3/c1-23-7-5-16(19(23)15-4-3-6-21-11-15)12-22-10-14-8-17(24-2)20-18(9-14)25-13-26-20/h3-4,6,8-9,11,16,19,22H,5,7,10,12-13H2,1-2H3/t16-,19-/m0/s1. The van der Waals surface area contributed by atoms with Gasteiger partial charge in [-0.25, -0.2) is 0 Å². The molecule has 0 aliphatic carbocycles. The van der Waals surface area contributed by atoms with Crippen LogP contribution in [0.25, 0.3) is 0 Å². The third-order valence-corrected chi connectivity index (χ3v) is 5.25. The average Bonchev–Trinajstić information content (AvgIpc) is 3.28. The van der Waals surface area contributed by atoms with E-state index in [1.165, 1.54) is 12.0 Å². The van der Waals surface area contributed by atoms with E-state index in [0.29, 0.717) is 17.7 Å². The van der Waals surface area contributed by atoms with Crippen LogP contribution in [0.1, 0.15) is 23.6 Å². The van der Waals surface area contributed by atoms with Gasteiger partial charge in [-0.05, 0) is 55.3 Å². The third-order valence-electron chi connectivity index (χ3n) is 5.25. The lowest BCUT2D eigenvalue weighted by molar-refractivity contribution is 0.171. The molecule has 3 heterocycles. The molecule has 1 N–H and O–H groups in total. The molecular weight excluding hydrogens is 330 g/mol. The molecule has 0 unspecified atom stereocenters. The molecule has 6 nitrogen and oxygen atoms in total. The monoisotopic (exact) mass is 355 g/mol. The van der Waals surface area contributed by atoms with Gasteiger partial charge in [0.25, 0.3) is 0 Å². The molecule has 0 radical (unpaired) electrons. The van der Waals surface area contributed by atoms with Crippen LogP contribution in [0.15, 0.2) is 36.7 Å². The number of rotatable bonds is 6. The number of fused-ring (bicyclic) bond motifs is 1. The maximum atomic E-state index is 5.51. The highest BCUT2D eigenvalue weighted by Crippen LogP contribution is 2.42. The van der Waals surface area contributed by atoms with Gasteiger partial charge in [0, 0.05) is 31.5 Å². The van der Waals surface area contributed by atoms with Crippen molar-refractivity contribution in [3.63, 3.8) is 0 Å². The molecule has 2 atom stereocenters.